The maximum atomic E-state index is 12.2. The van der Waals surface area contributed by atoms with Crippen molar-refractivity contribution in [1.29, 1.82) is 0 Å². The lowest BCUT2D eigenvalue weighted by molar-refractivity contribution is -0.142. The fourth-order valence-corrected chi connectivity index (χ4v) is 2.03. The van der Waals surface area contributed by atoms with Gasteiger partial charge in [-0.25, -0.2) is 0 Å². The number of carboxylic acids is 1. The average molecular weight is 267 g/mol. The largest absolute Gasteiger partial charge is 0.481 e. The number of ether oxygens (including phenoxy) is 1. The van der Waals surface area contributed by atoms with E-state index >= 15 is 0 Å². The number of carbonyl (C=O) groups excluding carboxylic acids is 1. The Morgan fingerprint density at radius 1 is 1.53 bits per heavy atom. The topological polar surface area (TPSA) is 80.0 Å². The van der Waals surface area contributed by atoms with E-state index in [4.69, 9.17) is 14.3 Å². The Kier molecular flexibility index (Phi) is 4.21. The van der Waals surface area contributed by atoms with Gasteiger partial charge in [0.2, 0.25) is 5.91 Å². The molecule has 2 atom stereocenters. The average Bonchev–Trinajstić information content (AvgIpc) is 3.04. The number of nitrogens with zero attached hydrogens (tertiary/aromatic N) is 1. The number of furan rings is 1. The van der Waals surface area contributed by atoms with E-state index in [1.54, 1.807) is 30.4 Å². The Labute approximate surface area is 110 Å². The van der Waals surface area contributed by atoms with Crippen LogP contribution in [0.15, 0.2) is 22.8 Å². The zero-order chi connectivity index (χ0) is 13.8. The van der Waals surface area contributed by atoms with Gasteiger partial charge < -0.3 is 19.2 Å². The molecule has 104 valence electrons. The minimum absolute atomic E-state index is 0.138. The van der Waals surface area contributed by atoms with Gasteiger partial charge in [-0.1, -0.05) is 0 Å². The van der Waals surface area contributed by atoms with Crippen molar-refractivity contribution >= 4 is 11.9 Å². The van der Waals surface area contributed by atoms with Crippen molar-refractivity contribution in [3.63, 3.8) is 0 Å². The molecule has 1 aromatic heterocycles. The van der Waals surface area contributed by atoms with Gasteiger partial charge in [-0.05, 0) is 18.6 Å². The van der Waals surface area contributed by atoms with Crippen LogP contribution in [-0.4, -0.2) is 42.1 Å². The predicted molar refractivity (Wildman–Crippen MR) is 65.2 cm³/mol. The van der Waals surface area contributed by atoms with E-state index in [1.165, 1.54) is 0 Å². The van der Waals surface area contributed by atoms with Gasteiger partial charge in [0.25, 0.3) is 0 Å². The molecular weight excluding hydrogens is 250 g/mol. The van der Waals surface area contributed by atoms with Crippen LogP contribution >= 0.6 is 0 Å². The number of rotatable bonds is 7. The van der Waals surface area contributed by atoms with Gasteiger partial charge in [0.05, 0.1) is 31.3 Å². The highest BCUT2D eigenvalue weighted by Gasteiger charge is 2.49. The van der Waals surface area contributed by atoms with Crippen LogP contribution in [-0.2, 0) is 20.9 Å². The number of carbonyl (C=O) groups is 2. The van der Waals surface area contributed by atoms with Crippen LogP contribution in [0.2, 0.25) is 0 Å². The molecule has 0 spiro atoms. The highest BCUT2D eigenvalue weighted by molar-refractivity contribution is 5.89. The van der Waals surface area contributed by atoms with E-state index in [-0.39, 0.29) is 5.91 Å². The van der Waals surface area contributed by atoms with Crippen LogP contribution in [0.4, 0.5) is 0 Å². The van der Waals surface area contributed by atoms with Crippen molar-refractivity contribution in [3.05, 3.63) is 24.2 Å². The van der Waals surface area contributed by atoms with E-state index in [0.29, 0.717) is 31.9 Å². The van der Waals surface area contributed by atoms with Crippen molar-refractivity contribution in [2.24, 2.45) is 11.8 Å². The van der Waals surface area contributed by atoms with Crippen LogP contribution in [0.25, 0.3) is 0 Å². The minimum atomic E-state index is -0.900. The van der Waals surface area contributed by atoms with Gasteiger partial charge in [0.15, 0.2) is 0 Å². The van der Waals surface area contributed by atoms with Crippen LogP contribution in [0, 0.1) is 11.8 Å². The summed E-state index contributed by atoms with van der Waals surface area (Å²) in [4.78, 5) is 24.6. The molecule has 2 rings (SSSR count). The summed E-state index contributed by atoms with van der Waals surface area (Å²) in [5.41, 5.74) is 0. The molecule has 6 nitrogen and oxygen atoms in total. The quantitative estimate of drug-likeness (QED) is 0.796. The molecule has 2 unspecified atom stereocenters. The monoisotopic (exact) mass is 267 g/mol. The molecule has 0 aliphatic heterocycles. The minimum Gasteiger partial charge on any atom is -0.481 e. The molecule has 6 heteroatoms. The molecule has 1 fully saturated rings. The Balaban J connectivity index is 1.97. The molecule has 1 saturated carbocycles. The summed E-state index contributed by atoms with van der Waals surface area (Å²) in [6.45, 7) is 1.19. The summed E-state index contributed by atoms with van der Waals surface area (Å²) < 4.78 is 10.2. The SMILES string of the molecule is COCCN(Cc1ccco1)C(=O)C1CC1C(=O)O. The van der Waals surface area contributed by atoms with Gasteiger partial charge in [-0.3, -0.25) is 9.59 Å². The second-order valence-corrected chi connectivity index (χ2v) is 4.62. The van der Waals surface area contributed by atoms with Gasteiger partial charge in [-0.2, -0.15) is 0 Å². The second-order valence-electron chi connectivity index (χ2n) is 4.62. The normalized spacial score (nSPS) is 21.1. The Bertz CT molecular complexity index is 442. The molecule has 0 aromatic carbocycles. The predicted octanol–water partition coefficient (Wildman–Crippen LogP) is 0.975. The fourth-order valence-electron chi connectivity index (χ4n) is 2.03. The van der Waals surface area contributed by atoms with Crippen molar-refractivity contribution in [3.8, 4) is 0 Å². The molecule has 1 heterocycles. The van der Waals surface area contributed by atoms with E-state index in [0.717, 1.165) is 0 Å². The summed E-state index contributed by atoms with van der Waals surface area (Å²) in [6.07, 6.45) is 1.97. The summed E-state index contributed by atoms with van der Waals surface area (Å²) in [6, 6.07) is 3.54. The zero-order valence-electron chi connectivity index (χ0n) is 10.7. The van der Waals surface area contributed by atoms with E-state index < -0.39 is 17.8 Å². The number of aliphatic carboxylic acids is 1. The van der Waals surface area contributed by atoms with Crippen LogP contribution in [0.3, 0.4) is 0 Å². The maximum Gasteiger partial charge on any atom is 0.307 e. The third-order valence-corrected chi connectivity index (χ3v) is 3.23. The molecule has 19 heavy (non-hydrogen) atoms. The lowest BCUT2D eigenvalue weighted by Gasteiger charge is -2.21. The number of methoxy groups -OCH3 is 1. The summed E-state index contributed by atoms with van der Waals surface area (Å²) in [5, 5.41) is 8.87. The fraction of sp³-hybridized carbons (Fsp3) is 0.538. The first-order chi connectivity index (χ1) is 9.13. The standard InChI is InChI=1S/C13H17NO5/c1-18-6-4-14(8-9-3-2-5-19-9)12(15)10-7-11(10)13(16)17/h2-3,5,10-11H,4,6-8H2,1H3,(H,16,17). The highest BCUT2D eigenvalue weighted by Crippen LogP contribution is 2.40. The molecule has 1 aliphatic rings. The third kappa shape index (κ3) is 3.35. The van der Waals surface area contributed by atoms with Crippen LogP contribution in [0.5, 0.6) is 0 Å². The molecule has 1 aliphatic carbocycles. The van der Waals surface area contributed by atoms with E-state index in [1.807, 2.05) is 0 Å². The van der Waals surface area contributed by atoms with Crippen molar-refractivity contribution in [2.75, 3.05) is 20.3 Å². The summed E-state index contributed by atoms with van der Waals surface area (Å²) in [5.74, 6) is -1.29. The first-order valence-corrected chi connectivity index (χ1v) is 6.16. The summed E-state index contributed by atoms with van der Waals surface area (Å²) in [7, 11) is 1.56. The van der Waals surface area contributed by atoms with Crippen LogP contribution < -0.4 is 0 Å². The van der Waals surface area contributed by atoms with Gasteiger partial charge in [0.1, 0.15) is 5.76 Å². The first kappa shape index (κ1) is 13.6. The van der Waals surface area contributed by atoms with Crippen molar-refractivity contribution < 1.29 is 23.8 Å². The van der Waals surface area contributed by atoms with Gasteiger partial charge in [0, 0.05) is 13.7 Å². The lowest BCUT2D eigenvalue weighted by Crippen LogP contribution is -2.35. The molecule has 1 aromatic rings. The van der Waals surface area contributed by atoms with Gasteiger partial charge >= 0.3 is 5.97 Å². The Morgan fingerprint density at radius 2 is 2.32 bits per heavy atom. The number of hydrogen-bond donors (Lipinski definition) is 1. The molecule has 0 bridgehead atoms. The van der Waals surface area contributed by atoms with E-state index in [9.17, 15) is 9.59 Å². The number of carboxylic acid groups (broad SMARTS) is 1. The molecular formula is C13H17NO5. The maximum absolute atomic E-state index is 12.2. The molecule has 0 radical (unpaired) electrons. The van der Waals surface area contributed by atoms with Crippen LogP contribution in [0.1, 0.15) is 12.2 Å². The summed E-state index contributed by atoms with van der Waals surface area (Å²) >= 11 is 0. The smallest absolute Gasteiger partial charge is 0.307 e. The third-order valence-electron chi connectivity index (χ3n) is 3.23. The zero-order valence-corrected chi connectivity index (χ0v) is 10.7. The lowest BCUT2D eigenvalue weighted by atomic mass is 10.2. The molecule has 0 saturated heterocycles. The molecule has 1 N–H and O–H groups in total. The Hall–Kier alpha value is -1.82. The second kappa shape index (κ2) is 5.88. The van der Waals surface area contributed by atoms with Crippen molar-refractivity contribution in [1.82, 2.24) is 4.90 Å². The highest BCUT2D eigenvalue weighted by atomic mass is 16.5. The van der Waals surface area contributed by atoms with Crippen molar-refractivity contribution in [2.45, 2.75) is 13.0 Å². The number of hydrogen-bond acceptors (Lipinski definition) is 4. The number of amides is 1. The van der Waals surface area contributed by atoms with Gasteiger partial charge in [-0.15, -0.1) is 0 Å². The first-order valence-electron chi connectivity index (χ1n) is 6.16. The van der Waals surface area contributed by atoms with E-state index in [2.05, 4.69) is 0 Å². The molecule has 1 amide bonds. The Morgan fingerprint density at radius 3 is 2.84 bits per heavy atom.